The van der Waals surface area contributed by atoms with E-state index in [1.54, 1.807) is 12.1 Å². The normalized spacial score (nSPS) is 12.4. The fourth-order valence-corrected chi connectivity index (χ4v) is 2.03. The van der Waals surface area contributed by atoms with Gasteiger partial charge in [0.1, 0.15) is 17.7 Å². The summed E-state index contributed by atoms with van der Waals surface area (Å²) in [7, 11) is 0. The highest BCUT2D eigenvalue weighted by Gasteiger charge is 2.11. The molecule has 0 heterocycles. The minimum Gasteiger partial charge on any atom is -0.484 e. The van der Waals surface area contributed by atoms with Crippen molar-refractivity contribution in [3.05, 3.63) is 65.5 Å². The second kappa shape index (κ2) is 6.53. The van der Waals surface area contributed by atoms with Crippen LogP contribution in [0.2, 0.25) is 0 Å². The Balaban J connectivity index is 2.11. The van der Waals surface area contributed by atoms with Gasteiger partial charge in [0.25, 0.3) is 0 Å². The Morgan fingerprint density at radius 1 is 0.950 bits per heavy atom. The van der Waals surface area contributed by atoms with Crippen molar-refractivity contribution in [3.63, 3.8) is 0 Å². The molecular formula is C17H20FNO. The third-order valence-electron chi connectivity index (χ3n) is 3.28. The predicted octanol–water partition coefficient (Wildman–Crippen LogP) is 4.03. The molecule has 106 valence electrons. The Kier molecular flexibility index (Phi) is 4.74. The van der Waals surface area contributed by atoms with Gasteiger partial charge < -0.3 is 10.5 Å². The van der Waals surface area contributed by atoms with E-state index < -0.39 is 0 Å². The average molecular weight is 273 g/mol. The summed E-state index contributed by atoms with van der Waals surface area (Å²) in [5.41, 5.74) is 7.89. The zero-order valence-electron chi connectivity index (χ0n) is 11.8. The maximum absolute atomic E-state index is 12.9. The van der Waals surface area contributed by atoms with Crippen molar-refractivity contribution in [2.45, 2.75) is 25.9 Å². The van der Waals surface area contributed by atoms with Gasteiger partial charge in [-0.2, -0.15) is 0 Å². The molecule has 2 nitrogen and oxygen atoms in total. The van der Waals surface area contributed by atoms with Gasteiger partial charge in [-0.25, -0.2) is 4.39 Å². The Morgan fingerprint density at radius 2 is 1.50 bits per heavy atom. The maximum Gasteiger partial charge on any atom is 0.136 e. The second-order valence-corrected chi connectivity index (χ2v) is 5.12. The van der Waals surface area contributed by atoms with Crippen LogP contribution in [0.15, 0.2) is 48.5 Å². The monoisotopic (exact) mass is 273 g/mol. The molecule has 1 unspecified atom stereocenters. The molecule has 0 amide bonds. The lowest BCUT2D eigenvalue weighted by molar-refractivity contribution is 0.214. The largest absolute Gasteiger partial charge is 0.484 e. The van der Waals surface area contributed by atoms with Crippen LogP contribution in [0.5, 0.6) is 5.75 Å². The van der Waals surface area contributed by atoms with Crippen LogP contribution in [0.25, 0.3) is 0 Å². The topological polar surface area (TPSA) is 35.2 Å². The first-order chi connectivity index (χ1) is 9.60. The molecule has 2 aromatic rings. The summed E-state index contributed by atoms with van der Waals surface area (Å²) in [5, 5.41) is 0. The summed E-state index contributed by atoms with van der Waals surface area (Å²) in [6.07, 6.45) is -0.263. The first-order valence-corrected chi connectivity index (χ1v) is 6.82. The highest BCUT2D eigenvalue weighted by molar-refractivity contribution is 5.30. The van der Waals surface area contributed by atoms with E-state index in [2.05, 4.69) is 26.0 Å². The van der Waals surface area contributed by atoms with Crippen LogP contribution >= 0.6 is 0 Å². The molecule has 0 aliphatic carbocycles. The van der Waals surface area contributed by atoms with Crippen molar-refractivity contribution >= 4 is 0 Å². The van der Waals surface area contributed by atoms with Gasteiger partial charge in [0, 0.05) is 6.54 Å². The number of nitrogens with two attached hydrogens (primary N) is 1. The number of ether oxygens (including phenoxy) is 1. The molecule has 0 aliphatic rings. The van der Waals surface area contributed by atoms with Crippen LogP contribution < -0.4 is 10.5 Å². The molecule has 2 rings (SSSR count). The third-order valence-corrected chi connectivity index (χ3v) is 3.28. The third kappa shape index (κ3) is 3.58. The van der Waals surface area contributed by atoms with Crippen LogP contribution in [0, 0.1) is 5.82 Å². The van der Waals surface area contributed by atoms with Gasteiger partial charge in [-0.15, -0.1) is 0 Å². The van der Waals surface area contributed by atoms with Gasteiger partial charge in [0.15, 0.2) is 0 Å². The van der Waals surface area contributed by atoms with E-state index >= 15 is 0 Å². The lowest BCUT2D eigenvalue weighted by Crippen LogP contribution is -2.18. The summed E-state index contributed by atoms with van der Waals surface area (Å²) >= 11 is 0. The molecule has 0 bridgehead atoms. The quantitative estimate of drug-likeness (QED) is 0.892. The van der Waals surface area contributed by atoms with Crippen molar-refractivity contribution in [1.82, 2.24) is 0 Å². The fourth-order valence-electron chi connectivity index (χ4n) is 2.03. The summed E-state index contributed by atoms with van der Waals surface area (Å²) in [4.78, 5) is 0. The van der Waals surface area contributed by atoms with Gasteiger partial charge in [-0.1, -0.05) is 38.1 Å². The van der Waals surface area contributed by atoms with Crippen molar-refractivity contribution in [3.8, 4) is 5.75 Å². The predicted molar refractivity (Wildman–Crippen MR) is 79.4 cm³/mol. The van der Waals surface area contributed by atoms with Crippen molar-refractivity contribution < 1.29 is 9.13 Å². The average Bonchev–Trinajstić information content (AvgIpc) is 2.46. The first kappa shape index (κ1) is 14.5. The highest BCUT2D eigenvalue weighted by Crippen LogP contribution is 2.24. The molecule has 0 spiro atoms. The number of benzene rings is 2. The smallest absolute Gasteiger partial charge is 0.136 e. The standard InChI is InChI=1S/C17H20FNO/c1-12(2)13-5-9-16(10-6-13)20-17(11-19)14-3-7-15(18)8-4-14/h3-10,12,17H,11,19H2,1-2H3. The maximum atomic E-state index is 12.9. The zero-order chi connectivity index (χ0) is 14.5. The lowest BCUT2D eigenvalue weighted by atomic mass is 10.0. The van der Waals surface area contributed by atoms with E-state index in [0.29, 0.717) is 12.5 Å². The molecule has 0 fully saturated rings. The summed E-state index contributed by atoms with van der Waals surface area (Å²) in [6.45, 7) is 4.64. The molecule has 1 atom stereocenters. The van der Waals surface area contributed by atoms with E-state index in [1.165, 1.54) is 17.7 Å². The van der Waals surface area contributed by atoms with Crippen LogP contribution in [-0.2, 0) is 0 Å². The molecule has 0 aliphatic heterocycles. The molecular weight excluding hydrogens is 253 g/mol. The number of halogens is 1. The second-order valence-electron chi connectivity index (χ2n) is 5.12. The molecule has 0 aromatic heterocycles. The Labute approximate surface area is 119 Å². The first-order valence-electron chi connectivity index (χ1n) is 6.82. The van der Waals surface area contributed by atoms with Crippen molar-refractivity contribution in [2.75, 3.05) is 6.54 Å². The number of hydrogen-bond acceptors (Lipinski definition) is 2. The number of rotatable bonds is 5. The molecule has 0 saturated carbocycles. The minimum absolute atomic E-state index is 0.259. The van der Waals surface area contributed by atoms with Gasteiger partial charge in [-0.3, -0.25) is 0 Å². The Bertz CT molecular complexity index is 534. The highest BCUT2D eigenvalue weighted by atomic mass is 19.1. The van der Waals surface area contributed by atoms with Crippen molar-refractivity contribution in [2.24, 2.45) is 5.73 Å². The van der Waals surface area contributed by atoms with Gasteiger partial charge in [0.2, 0.25) is 0 Å². The Morgan fingerprint density at radius 3 is 2.00 bits per heavy atom. The van der Waals surface area contributed by atoms with Gasteiger partial charge >= 0.3 is 0 Å². The summed E-state index contributed by atoms with van der Waals surface area (Å²) < 4.78 is 18.8. The van der Waals surface area contributed by atoms with Gasteiger partial charge in [0.05, 0.1) is 0 Å². The molecule has 0 radical (unpaired) electrons. The van der Waals surface area contributed by atoms with Crippen molar-refractivity contribution in [1.29, 1.82) is 0 Å². The SMILES string of the molecule is CC(C)c1ccc(OC(CN)c2ccc(F)cc2)cc1. The fraction of sp³-hybridized carbons (Fsp3) is 0.294. The van der Waals surface area contributed by atoms with Gasteiger partial charge in [-0.05, 0) is 41.3 Å². The molecule has 2 N–H and O–H groups in total. The molecule has 0 saturated heterocycles. The molecule has 20 heavy (non-hydrogen) atoms. The zero-order valence-corrected chi connectivity index (χ0v) is 11.8. The van der Waals surface area contributed by atoms with Crippen LogP contribution in [-0.4, -0.2) is 6.54 Å². The molecule has 3 heteroatoms. The van der Waals surface area contributed by atoms with E-state index in [-0.39, 0.29) is 11.9 Å². The van der Waals surface area contributed by atoms with E-state index in [0.717, 1.165) is 11.3 Å². The molecule has 2 aromatic carbocycles. The number of hydrogen-bond donors (Lipinski definition) is 1. The van der Waals surface area contributed by atoms with Crippen LogP contribution in [0.3, 0.4) is 0 Å². The summed E-state index contributed by atoms with van der Waals surface area (Å²) in [6, 6.07) is 14.2. The summed E-state index contributed by atoms with van der Waals surface area (Å²) in [5.74, 6) is 1.01. The van der Waals surface area contributed by atoms with Crippen LogP contribution in [0.4, 0.5) is 4.39 Å². The van der Waals surface area contributed by atoms with E-state index in [1.807, 2.05) is 12.1 Å². The lowest BCUT2D eigenvalue weighted by Gasteiger charge is -2.18. The Hall–Kier alpha value is -1.87. The van der Waals surface area contributed by atoms with E-state index in [9.17, 15) is 4.39 Å². The van der Waals surface area contributed by atoms with Crippen LogP contribution in [0.1, 0.15) is 37.0 Å². The minimum atomic E-state index is -0.263. The van der Waals surface area contributed by atoms with E-state index in [4.69, 9.17) is 10.5 Å².